The highest BCUT2D eigenvalue weighted by Crippen LogP contribution is 2.30. The lowest BCUT2D eigenvalue weighted by atomic mass is 10.1. The van der Waals surface area contributed by atoms with Crippen molar-refractivity contribution in [3.8, 4) is 11.5 Å². The molecule has 4 amide bonds. The summed E-state index contributed by atoms with van der Waals surface area (Å²) in [6.45, 7) is 5.91. The van der Waals surface area contributed by atoms with Gasteiger partial charge in [0, 0.05) is 6.54 Å². The van der Waals surface area contributed by atoms with E-state index in [9.17, 15) is 14.4 Å². The number of rotatable bonds is 7. The molecule has 3 rings (SSSR count). The average molecular weight is 406 g/mol. The molecule has 2 aromatic carbocycles. The van der Waals surface area contributed by atoms with E-state index in [2.05, 4.69) is 11.9 Å². The van der Waals surface area contributed by atoms with Crippen molar-refractivity contribution in [2.45, 2.75) is 13.5 Å². The van der Waals surface area contributed by atoms with Crippen molar-refractivity contribution < 1.29 is 23.9 Å². The van der Waals surface area contributed by atoms with Crippen LogP contribution >= 0.6 is 0 Å². The van der Waals surface area contributed by atoms with Crippen molar-refractivity contribution in [2.24, 2.45) is 0 Å². The van der Waals surface area contributed by atoms with Crippen molar-refractivity contribution in [3.63, 3.8) is 0 Å². The normalized spacial score (nSPS) is 15.2. The van der Waals surface area contributed by atoms with Gasteiger partial charge in [0.25, 0.3) is 11.8 Å². The Balaban J connectivity index is 1.82. The van der Waals surface area contributed by atoms with Crippen LogP contribution in [0.15, 0.2) is 60.7 Å². The number of ether oxygens (including phenoxy) is 2. The summed E-state index contributed by atoms with van der Waals surface area (Å²) in [5.74, 6) is -0.437. The van der Waals surface area contributed by atoms with Gasteiger partial charge in [-0.15, -0.1) is 6.58 Å². The highest BCUT2D eigenvalue weighted by molar-refractivity contribution is 6.31. The minimum atomic E-state index is -0.764. The third kappa shape index (κ3) is 4.57. The Morgan fingerprint density at radius 1 is 1.07 bits per heavy atom. The lowest BCUT2D eigenvalue weighted by molar-refractivity contribution is -0.129. The van der Waals surface area contributed by atoms with Gasteiger partial charge < -0.3 is 9.47 Å². The SMILES string of the molecule is C=CCN1C(=O)NC(=O)/C(=C/c2ccc(OCc3ccc(C)cc3)c(OC)c2)C1=O. The van der Waals surface area contributed by atoms with Gasteiger partial charge in [0.2, 0.25) is 0 Å². The van der Waals surface area contributed by atoms with E-state index in [1.165, 1.54) is 24.8 Å². The van der Waals surface area contributed by atoms with Crippen molar-refractivity contribution in [1.29, 1.82) is 0 Å². The van der Waals surface area contributed by atoms with Gasteiger partial charge in [0.15, 0.2) is 11.5 Å². The second-order valence-electron chi connectivity index (χ2n) is 6.71. The fraction of sp³-hybridized carbons (Fsp3) is 0.174. The molecule has 0 unspecified atom stereocenters. The van der Waals surface area contributed by atoms with E-state index in [1.54, 1.807) is 18.2 Å². The van der Waals surface area contributed by atoms with Gasteiger partial charge in [-0.1, -0.05) is 42.0 Å². The first-order valence-corrected chi connectivity index (χ1v) is 9.29. The van der Waals surface area contributed by atoms with E-state index in [-0.39, 0.29) is 12.1 Å². The number of nitrogens with one attached hydrogen (secondary N) is 1. The lowest BCUT2D eigenvalue weighted by Gasteiger charge is -2.25. The molecule has 1 heterocycles. The summed E-state index contributed by atoms with van der Waals surface area (Å²) < 4.78 is 11.2. The van der Waals surface area contributed by atoms with E-state index in [1.807, 2.05) is 31.2 Å². The molecule has 30 heavy (non-hydrogen) atoms. The molecular weight excluding hydrogens is 384 g/mol. The molecule has 0 bridgehead atoms. The van der Waals surface area contributed by atoms with Crippen LogP contribution in [0.4, 0.5) is 4.79 Å². The summed E-state index contributed by atoms with van der Waals surface area (Å²) in [6, 6.07) is 12.3. The number of benzene rings is 2. The van der Waals surface area contributed by atoms with Gasteiger partial charge in [-0.05, 0) is 36.3 Å². The van der Waals surface area contributed by atoms with Crippen molar-refractivity contribution >= 4 is 23.9 Å². The second kappa shape index (κ2) is 9.09. The first-order valence-electron chi connectivity index (χ1n) is 9.29. The van der Waals surface area contributed by atoms with Gasteiger partial charge in [-0.3, -0.25) is 19.8 Å². The molecule has 2 aromatic rings. The summed E-state index contributed by atoms with van der Waals surface area (Å²) in [5, 5.41) is 2.15. The van der Waals surface area contributed by atoms with Crippen LogP contribution in [0.2, 0.25) is 0 Å². The number of carbonyl (C=O) groups excluding carboxylic acids is 3. The Labute approximate surface area is 174 Å². The maximum Gasteiger partial charge on any atom is 0.331 e. The van der Waals surface area contributed by atoms with Crippen LogP contribution in [-0.4, -0.2) is 36.4 Å². The zero-order chi connectivity index (χ0) is 21.7. The van der Waals surface area contributed by atoms with Crippen LogP contribution in [0.3, 0.4) is 0 Å². The zero-order valence-corrected chi connectivity index (χ0v) is 16.8. The Morgan fingerprint density at radius 3 is 2.47 bits per heavy atom. The molecule has 1 saturated heterocycles. The molecule has 7 nitrogen and oxygen atoms in total. The average Bonchev–Trinajstić information content (AvgIpc) is 2.74. The number of amides is 4. The van der Waals surface area contributed by atoms with Crippen LogP contribution in [0.25, 0.3) is 6.08 Å². The molecule has 0 aliphatic carbocycles. The number of imide groups is 2. The zero-order valence-electron chi connectivity index (χ0n) is 16.8. The number of aryl methyl sites for hydroxylation is 1. The third-order valence-electron chi connectivity index (χ3n) is 4.51. The summed E-state index contributed by atoms with van der Waals surface area (Å²) >= 11 is 0. The van der Waals surface area contributed by atoms with Crippen molar-refractivity contribution in [2.75, 3.05) is 13.7 Å². The second-order valence-corrected chi connectivity index (χ2v) is 6.71. The maximum absolute atomic E-state index is 12.5. The minimum Gasteiger partial charge on any atom is -0.493 e. The lowest BCUT2D eigenvalue weighted by Crippen LogP contribution is -2.54. The summed E-state index contributed by atoms with van der Waals surface area (Å²) in [6.07, 6.45) is 2.82. The number of barbiturate groups is 1. The Bertz CT molecular complexity index is 1020. The standard InChI is InChI=1S/C23H22N2O5/c1-4-11-25-22(27)18(21(26)24-23(25)28)12-17-9-10-19(20(13-17)29-3)30-14-16-7-5-15(2)6-8-16/h4-10,12-13H,1,11,14H2,2-3H3,(H,24,26,28)/b18-12-. The van der Waals surface area contributed by atoms with Crippen LogP contribution in [0.5, 0.6) is 11.5 Å². The Kier molecular flexibility index (Phi) is 6.32. The molecule has 1 N–H and O–H groups in total. The Hall–Kier alpha value is -3.87. The first-order chi connectivity index (χ1) is 14.4. The van der Waals surface area contributed by atoms with E-state index in [0.29, 0.717) is 23.7 Å². The molecule has 0 atom stereocenters. The monoisotopic (exact) mass is 406 g/mol. The number of carbonyl (C=O) groups is 3. The number of methoxy groups -OCH3 is 1. The first kappa shape index (κ1) is 20.9. The fourth-order valence-electron chi connectivity index (χ4n) is 2.89. The summed E-state index contributed by atoms with van der Waals surface area (Å²) in [5.41, 5.74) is 2.60. The number of urea groups is 1. The van der Waals surface area contributed by atoms with Crippen LogP contribution in [0.1, 0.15) is 16.7 Å². The van der Waals surface area contributed by atoms with Gasteiger partial charge in [-0.25, -0.2) is 4.79 Å². The smallest absolute Gasteiger partial charge is 0.331 e. The molecule has 0 saturated carbocycles. The molecule has 154 valence electrons. The van der Waals surface area contributed by atoms with Crippen molar-refractivity contribution in [3.05, 3.63) is 77.4 Å². The highest BCUT2D eigenvalue weighted by Gasteiger charge is 2.34. The van der Waals surface area contributed by atoms with Gasteiger partial charge in [0.05, 0.1) is 7.11 Å². The predicted molar refractivity (Wildman–Crippen MR) is 112 cm³/mol. The number of nitrogens with zero attached hydrogens (tertiary/aromatic N) is 1. The van der Waals surface area contributed by atoms with Crippen LogP contribution in [0, 0.1) is 6.92 Å². The molecular formula is C23H22N2O5. The van der Waals surface area contributed by atoms with Crippen LogP contribution in [-0.2, 0) is 16.2 Å². The van der Waals surface area contributed by atoms with E-state index < -0.39 is 17.8 Å². The molecule has 1 fully saturated rings. The minimum absolute atomic E-state index is 0.00436. The quantitative estimate of drug-likeness (QED) is 0.434. The van der Waals surface area contributed by atoms with Gasteiger partial charge in [0.1, 0.15) is 12.2 Å². The molecule has 0 radical (unpaired) electrons. The summed E-state index contributed by atoms with van der Waals surface area (Å²) in [4.78, 5) is 37.4. The summed E-state index contributed by atoms with van der Waals surface area (Å²) in [7, 11) is 1.51. The Morgan fingerprint density at radius 2 is 1.80 bits per heavy atom. The number of hydrogen-bond acceptors (Lipinski definition) is 5. The molecule has 7 heteroatoms. The topological polar surface area (TPSA) is 84.9 Å². The van der Waals surface area contributed by atoms with E-state index in [4.69, 9.17) is 9.47 Å². The third-order valence-corrected chi connectivity index (χ3v) is 4.51. The maximum atomic E-state index is 12.5. The fourth-order valence-corrected chi connectivity index (χ4v) is 2.89. The van der Waals surface area contributed by atoms with Crippen LogP contribution < -0.4 is 14.8 Å². The molecule has 0 aromatic heterocycles. The van der Waals surface area contributed by atoms with Crippen molar-refractivity contribution in [1.82, 2.24) is 10.2 Å². The largest absolute Gasteiger partial charge is 0.493 e. The van der Waals surface area contributed by atoms with E-state index in [0.717, 1.165) is 10.5 Å². The van der Waals surface area contributed by atoms with Gasteiger partial charge in [-0.2, -0.15) is 0 Å². The molecule has 0 spiro atoms. The number of hydrogen-bond donors (Lipinski definition) is 1. The van der Waals surface area contributed by atoms with E-state index >= 15 is 0 Å². The van der Waals surface area contributed by atoms with Gasteiger partial charge >= 0.3 is 6.03 Å². The predicted octanol–water partition coefficient (Wildman–Crippen LogP) is 3.23. The highest BCUT2D eigenvalue weighted by atomic mass is 16.5. The molecule has 1 aliphatic heterocycles. The molecule has 1 aliphatic rings.